The van der Waals surface area contributed by atoms with Crippen molar-refractivity contribution in [2.75, 3.05) is 0 Å². The summed E-state index contributed by atoms with van der Waals surface area (Å²) in [5.41, 5.74) is 8.33. The van der Waals surface area contributed by atoms with Crippen molar-refractivity contribution >= 4 is 24.3 Å². The second kappa shape index (κ2) is 8.87. The minimum Gasteiger partial charge on any atom is -0.289 e. The van der Waals surface area contributed by atoms with Gasteiger partial charge in [-0.05, 0) is 33.4 Å². The summed E-state index contributed by atoms with van der Waals surface area (Å²) in [6.07, 6.45) is 8.36. The van der Waals surface area contributed by atoms with Crippen LogP contribution in [-0.2, 0) is 0 Å². The third kappa shape index (κ3) is 4.43. The Kier molecular flexibility index (Phi) is 5.47. The van der Waals surface area contributed by atoms with Gasteiger partial charge in [0.15, 0.2) is 5.43 Å². The molecule has 1 nitrogen and oxygen atoms in total. The summed E-state index contributed by atoms with van der Waals surface area (Å²) in [5.74, 6) is 0. The molecule has 0 N–H and O–H groups in total. The van der Waals surface area contributed by atoms with E-state index in [9.17, 15) is 4.79 Å². The summed E-state index contributed by atoms with van der Waals surface area (Å²) in [6, 6.07) is 36.8. The number of hydrogen-bond donors (Lipinski definition) is 0. The van der Waals surface area contributed by atoms with Gasteiger partial charge in [0.2, 0.25) is 0 Å². The van der Waals surface area contributed by atoms with E-state index >= 15 is 0 Å². The molecule has 5 rings (SSSR count). The van der Waals surface area contributed by atoms with Crippen molar-refractivity contribution in [2.45, 2.75) is 0 Å². The Morgan fingerprint density at radius 1 is 0.375 bits per heavy atom. The van der Waals surface area contributed by atoms with Crippen molar-refractivity contribution in [3.63, 3.8) is 0 Å². The first-order valence-electron chi connectivity index (χ1n) is 10.7. The van der Waals surface area contributed by atoms with Crippen LogP contribution in [0, 0.1) is 0 Å². The minimum absolute atomic E-state index is 0.144. The molecule has 0 spiro atoms. The third-order valence-electron chi connectivity index (χ3n) is 5.58. The minimum atomic E-state index is 0.144. The van der Waals surface area contributed by atoms with Crippen molar-refractivity contribution in [2.24, 2.45) is 0 Å². The Morgan fingerprint density at radius 3 is 1.03 bits per heavy atom. The second-order valence-electron chi connectivity index (χ2n) is 7.81. The SMILES string of the molecule is O=c1c(-c2ccc(/C=C/c3ccccc3)cc2)c1-c1ccc(/C=C/c2ccccc2)cc1. The largest absolute Gasteiger partial charge is 0.289 e. The zero-order valence-corrected chi connectivity index (χ0v) is 17.6. The van der Waals surface area contributed by atoms with E-state index in [1.54, 1.807) is 0 Å². The molecular formula is C31H22O. The first-order valence-corrected chi connectivity index (χ1v) is 10.7. The number of benzene rings is 4. The Balaban J connectivity index is 1.29. The van der Waals surface area contributed by atoms with Gasteiger partial charge in [0.05, 0.1) is 0 Å². The molecule has 0 heterocycles. The average molecular weight is 411 g/mol. The molecule has 1 heteroatoms. The van der Waals surface area contributed by atoms with Gasteiger partial charge in [0, 0.05) is 11.1 Å². The molecule has 0 aliphatic heterocycles. The van der Waals surface area contributed by atoms with Gasteiger partial charge in [-0.3, -0.25) is 4.79 Å². The molecule has 0 saturated carbocycles. The molecule has 32 heavy (non-hydrogen) atoms. The number of rotatable bonds is 6. The topological polar surface area (TPSA) is 17.1 Å². The number of hydrogen-bond acceptors (Lipinski definition) is 1. The molecule has 0 aromatic heterocycles. The molecule has 5 aromatic rings. The predicted molar refractivity (Wildman–Crippen MR) is 137 cm³/mol. The fourth-order valence-corrected chi connectivity index (χ4v) is 3.76. The van der Waals surface area contributed by atoms with E-state index in [0.717, 1.165) is 33.4 Å². The summed E-state index contributed by atoms with van der Waals surface area (Å²) < 4.78 is 0. The maximum atomic E-state index is 12.5. The van der Waals surface area contributed by atoms with Crippen LogP contribution in [0.4, 0.5) is 0 Å². The van der Waals surface area contributed by atoms with Crippen LogP contribution in [0.1, 0.15) is 22.3 Å². The average Bonchev–Trinajstić information content (AvgIpc) is 3.54. The highest BCUT2D eigenvalue weighted by atomic mass is 16.1. The smallest absolute Gasteiger partial charge is 0.195 e. The standard InChI is InChI=1S/C31H22O/c32-31-29(27-19-15-25(16-20-27)13-11-23-7-3-1-4-8-23)30(31)28-21-17-26(18-22-28)14-12-24-9-5-2-6-10-24/h1-22H/b13-11+,14-12+. The van der Waals surface area contributed by atoms with Crippen LogP contribution in [0.3, 0.4) is 0 Å². The maximum absolute atomic E-state index is 12.5. The molecule has 5 aromatic carbocycles. The van der Waals surface area contributed by atoms with Crippen LogP contribution in [0.2, 0.25) is 0 Å². The van der Waals surface area contributed by atoms with Gasteiger partial charge >= 0.3 is 0 Å². The van der Waals surface area contributed by atoms with Crippen LogP contribution in [0.15, 0.2) is 114 Å². The van der Waals surface area contributed by atoms with Crippen LogP contribution in [0.25, 0.3) is 46.6 Å². The monoisotopic (exact) mass is 410 g/mol. The van der Waals surface area contributed by atoms with Gasteiger partial charge in [-0.1, -0.05) is 133 Å². The van der Waals surface area contributed by atoms with E-state index in [0.29, 0.717) is 0 Å². The van der Waals surface area contributed by atoms with Crippen molar-refractivity contribution in [1.82, 2.24) is 0 Å². The van der Waals surface area contributed by atoms with Crippen molar-refractivity contribution < 1.29 is 0 Å². The van der Waals surface area contributed by atoms with Gasteiger partial charge < -0.3 is 0 Å². The van der Waals surface area contributed by atoms with Crippen LogP contribution in [-0.4, -0.2) is 0 Å². The van der Waals surface area contributed by atoms with Gasteiger partial charge in [0.25, 0.3) is 0 Å². The first-order chi connectivity index (χ1) is 15.8. The van der Waals surface area contributed by atoms with E-state index in [4.69, 9.17) is 0 Å². The van der Waals surface area contributed by atoms with E-state index in [-0.39, 0.29) is 5.43 Å². The molecule has 0 aliphatic carbocycles. The second-order valence-corrected chi connectivity index (χ2v) is 7.81. The lowest BCUT2D eigenvalue weighted by molar-refractivity contribution is 1.63. The van der Waals surface area contributed by atoms with Crippen molar-refractivity contribution in [3.05, 3.63) is 142 Å². The van der Waals surface area contributed by atoms with E-state index < -0.39 is 0 Å². The van der Waals surface area contributed by atoms with Crippen LogP contribution >= 0.6 is 0 Å². The highest BCUT2D eigenvalue weighted by molar-refractivity contribution is 5.94. The molecule has 0 aliphatic rings. The summed E-state index contributed by atoms with van der Waals surface area (Å²) in [4.78, 5) is 12.5. The normalized spacial score (nSPS) is 11.6. The summed E-state index contributed by atoms with van der Waals surface area (Å²) in [7, 11) is 0. The zero-order valence-electron chi connectivity index (χ0n) is 17.6. The molecule has 0 bridgehead atoms. The highest BCUT2D eigenvalue weighted by Crippen LogP contribution is 2.34. The summed E-state index contributed by atoms with van der Waals surface area (Å²) in [6.45, 7) is 0. The molecule has 0 saturated heterocycles. The van der Waals surface area contributed by atoms with Crippen LogP contribution in [0.5, 0.6) is 0 Å². The lowest BCUT2D eigenvalue weighted by Crippen LogP contribution is -1.79. The lowest BCUT2D eigenvalue weighted by Gasteiger charge is -1.99. The summed E-state index contributed by atoms with van der Waals surface area (Å²) >= 11 is 0. The van der Waals surface area contributed by atoms with Gasteiger partial charge in [-0.25, -0.2) is 0 Å². The fraction of sp³-hybridized carbons (Fsp3) is 0. The molecule has 152 valence electrons. The molecule has 0 unspecified atom stereocenters. The lowest BCUT2D eigenvalue weighted by atomic mass is 10.1. The highest BCUT2D eigenvalue weighted by Gasteiger charge is 2.24. The Labute approximate surface area is 188 Å². The van der Waals surface area contributed by atoms with Gasteiger partial charge in [-0.15, -0.1) is 0 Å². The Bertz CT molecular complexity index is 1270. The Morgan fingerprint density at radius 2 is 0.688 bits per heavy atom. The van der Waals surface area contributed by atoms with Crippen molar-refractivity contribution in [1.29, 1.82) is 0 Å². The molecule has 0 amide bonds. The maximum Gasteiger partial charge on any atom is 0.195 e. The van der Waals surface area contributed by atoms with Crippen molar-refractivity contribution in [3.8, 4) is 22.3 Å². The molecule has 0 atom stereocenters. The van der Waals surface area contributed by atoms with Crippen LogP contribution < -0.4 is 5.43 Å². The molecule has 0 fully saturated rings. The quantitative estimate of drug-likeness (QED) is 0.263. The fourth-order valence-electron chi connectivity index (χ4n) is 3.76. The molecular weight excluding hydrogens is 388 g/mol. The van der Waals surface area contributed by atoms with E-state index in [1.807, 2.05) is 60.7 Å². The van der Waals surface area contributed by atoms with E-state index in [2.05, 4.69) is 72.8 Å². The Hall–Kier alpha value is -4.23. The third-order valence-corrected chi connectivity index (χ3v) is 5.58. The molecule has 0 radical (unpaired) electrons. The van der Waals surface area contributed by atoms with Gasteiger partial charge in [-0.2, -0.15) is 0 Å². The van der Waals surface area contributed by atoms with Gasteiger partial charge in [0.1, 0.15) is 0 Å². The first kappa shape index (κ1) is 19.7. The van der Waals surface area contributed by atoms with E-state index in [1.165, 1.54) is 11.1 Å². The zero-order chi connectivity index (χ0) is 21.8. The summed E-state index contributed by atoms with van der Waals surface area (Å²) in [5, 5.41) is 0. The predicted octanol–water partition coefficient (Wildman–Crippen LogP) is 7.60.